The molecule has 3 fully saturated rings. The number of piperidine rings is 3. The van der Waals surface area contributed by atoms with Gasteiger partial charge in [-0.3, -0.25) is 14.7 Å². The zero-order valence-electron chi connectivity index (χ0n) is 13.3. The van der Waals surface area contributed by atoms with E-state index in [1.165, 1.54) is 11.8 Å². The third-order valence-electron chi connectivity index (χ3n) is 5.22. The average Bonchev–Trinajstić information content (AvgIpc) is 3.05. The first kappa shape index (κ1) is 15.7. The van der Waals surface area contributed by atoms with Crippen molar-refractivity contribution in [2.45, 2.75) is 31.3 Å². The minimum absolute atomic E-state index is 0.129. The van der Waals surface area contributed by atoms with Gasteiger partial charge in [0.1, 0.15) is 6.26 Å². The minimum Gasteiger partial charge on any atom is -0.458 e. The molecule has 0 saturated carbocycles. The van der Waals surface area contributed by atoms with Crippen LogP contribution in [0.3, 0.4) is 0 Å². The van der Waals surface area contributed by atoms with Crippen LogP contribution in [-0.2, 0) is 6.42 Å². The van der Waals surface area contributed by atoms with Crippen molar-refractivity contribution in [3.8, 4) is 0 Å². The van der Waals surface area contributed by atoms with Crippen LogP contribution >= 0.6 is 11.6 Å². The number of furan rings is 1. The van der Waals surface area contributed by atoms with Crippen molar-refractivity contribution in [1.29, 1.82) is 0 Å². The van der Waals surface area contributed by atoms with E-state index < -0.39 is 0 Å². The van der Waals surface area contributed by atoms with Gasteiger partial charge in [0.05, 0.1) is 5.02 Å². The summed E-state index contributed by atoms with van der Waals surface area (Å²) in [6.07, 6.45) is 8.25. The molecule has 3 aliphatic heterocycles. The van der Waals surface area contributed by atoms with Crippen molar-refractivity contribution < 1.29 is 9.21 Å². The molecule has 2 aromatic heterocycles. The van der Waals surface area contributed by atoms with Gasteiger partial charge in [-0.2, -0.15) is 0 Å². The minimum atomic E-state index is -0.183. The maximum atomic E-state index is 12.5. The van der Waals surface area contributed by atoms with Gasteiger partial charge in [0.25, 0.3) is 5.91 Å². The Balaban J connectivity index is 1.53. The van der Waals surface area contributed by atoms with Gasteiger partial charge in [0, 0.05) is 30.5 Å². The maximum Gasteiger partial charge on any atom is 0.287 e. The molecule has 0 aromatic carbocycles. The molecule has 0 unspecified atom stereocenters. The summed E-state index contributed by atoms with van der Waals surface area (Å²) in [4.78, 5) is 19.2. The van der Waals surface area contributed by atoms with Gasteiger partial charge in [-0.05, 0) is 49.9 Å². The zero-order chi connectivity index (χ0) is 16.5. The van der Waals surface area contributed by atoms with E-state index in [0.717, 1.165) is 32.4 Å². The lowest BCUT2D eigenvalue weighted by atomic mass is 9.76. The van der Waals surface area contributed by atoms with Crippen LogP contribution in [0, 0.1) is 5.92 Å². The van der Waals surface area contributed by atoms with Crippen molar-refractivity contribution in [3.05, 3.63) is 53.2 Å². The first-order valence-corrected chi connectivity index (χ1v) is 8.76. The summed E-state index contributed by atoms with van der Waals surface area (Å²) >= 11 is 5.86. The topological polar surface area (TPSA) is 58.4 Å². The van der Waals surface area contributed by atoms with Gasteiger partial charge in [-0.15, -0.1) is 0 Å². The van der Waals surface area contributed by atoms with Gasteiger partial charge in [-0.1, -0.05) is 17.7 Å². The highest BCUT2D eigenvalue weighted by Gasteiger charge is 2.43. The highest BCUT2D eigenvalue weighted by atomic mass is 35.5. The highest BCUT2D eigenvalue weighted by molar-refractivity contribution is 6.30. The quantitative estimate of drug-likeness (QED) is 0.925. The summed E-state index contributed by atoms with van der Waals surface area (Å²) in [6, 6.07) is 6.06. The number of carbonyl (C=O) groups is 1. The molecule has 126 valence electrons. The number of nitrogens with zero attached hydrogens (tertiary/aromatic N) is 2. The Morgan fingerprint density at radius 2 is 2.25 bits per heavy atom. The van der Waals surface area contributed by atoms with Crippen molar-refractivity contribution in [3.63, 3.8) is 0 Å². The van der Waals surface area contributed by atoms with Gasteiger partial charge >= 0.3 is 0 Å². The number of rotatable bonds is 4. The number of halogens is 1. The van der Waals surface area contributed by atoms with E-state index in [-0.39, 0.29) is 17.7 Å². The van der Waals surface area contributed by atoms with Crippen molar-refractivity contribution in [2.75, 3.05) is 13.1 Å². The third-order valence-corrected chi connectivity index (χ3v) is 5.42. The number of carbonyl (C=O) groups excluding carboxylic acids is 1. The molecule has 5 rings (SSSR count). The van der Waals surface area contributed by atoms with Gasteiger partial charge in [0.15, 0.2) is 5.76 Å². The van der Waals surface area contributed by atoms with Crippen LogP contribution in [0.25, 0.3) is 0 Å². The van der Waals surface area contributed by atoms with Gasteiger partial charge < -0.3 is 9.73 Å². The molecule has 0 radical (unpaired) electrons. The number of nitrogens with one attached hydrogen (secondary N) is 1. The van der Waals surface area contributed by atoms with Crippen LogP contribution in [0.4, 0.5) is 0 Å². The molecule has 5 heterocycles. The molecule has 5 nitrogen and oxygen atoms in total. The van der Waals surface area contributed by atoms with Crippen molar-refractivity contribution in [1.82, 2.24) is 15.2 Å². The van der Waals surface area contributed by atoms with E-state index in [4.69, 9.17) is 16.0 Å². The predicted molar refractivity (Wildman–Crippen MR) is 91.0 cm³/mol. The van der Waals surface area contributed by atoms with Crippen LogP contribution in [0.15, 0.2) is 41.3 Å². The largest absolute Gasteiger partial charge is 0.458 e. The number of amides is 1. The van der Waals surface area contributed by atoms with E-state index >= 15 is 0 Å². The fraction of sp³-hybridized carbons (Fsp3) is 0.444. The van der Waals surface area contributed by atoms with Crippen LogP contribution in [0.5, 0.6) is 0 Å². The molecule has 2 atom stereocenters. The summed E-state index contributed by atoms with van der Waals surface area (Å²) in [5, 5.41) is 3.64. The second-order valence-corrected chi connectivity index (χ2v) is 7.07. The number of fused-ring (bicyclic) bond motifs is 3. The molecule has 1 N–H and O–H groups in total. The monoisotopic (exact) mass is 345 g/mol. The van der Waals surface area contributed by atoms with E-state index in [9.17, 15) is 4.79 Å². The molecule has 2 bridgehead atoms. The van der Waals surface area contributed by atoms with E-state index in [0.29, 0.717) is 17.0 Å². The SMILES string of the molecule is O=C(N[C@@H]1C2CCN(CC2)[C@H]1Cc1cccnc1)c1cc(Cl)co1. The first-order chi connectivity index (χ1) is 11.7. The molecule has 0 spiro atoms. The van der Waals surface area contributed by atoms with Crippen LogP contribution in [0.2, 0.25) is 5.02 Å². The molecule has 24 heavy (non-hydrogen) atoms. The number of hydrogen-bond acceptors (Lipinski definition) is 4. The standard InChI is InChI=1S/C18H20ClN3O2/c19-14-9-16(24-11-14)18(23)21-17-13-3-6-22(7-4-13)15(17)8-12-2-1-5-20-10-12/h1-2,5,9-11,13,15,17H,3-4,6-8H2,(H,21,23)/t15-,17+/m0/s1. The highest BCUT2D eigenvalue weighted by Crippen LogP contribution is 2.34. The Morgan fingerprint density at radius 3 is 2.92 bits per heavy atom. The molecule has 3 saturated heterocycles. The Labute approximate surface area is 146 Å². The van der Waals surface area contributed by atoms with Crippen molar-refractivity contribution in [2.24, 2.45) is 5.92 Å². The van der Waals surface area contributed by atoms with Crippen LogP contribution in [-0.4, -0.2) is 41.0 Å². The van der Waals surface area contributed by atoms with Gasteiger partial charge in [0.2, 0.25) is 0 Å². The average molecular weight is 346 g/mol. The number of aromatic nitrogens is 1. The molecule has 0 aliphatic carbocycles. The van der Waals surface area contributed by atoms with Crippen LogP contribution < -0.4 is 5.32 Å². The predicted octanol–water partition coefficient (Wildman–Crippen LogP) is 2.76. The number of pyridine rings is 1. The smallest absolute Gasteiger partial charge is 0.287 e. The first-order valence-electron chi connectivity index (χ1n) is 8.38. The second-order valence-electron chi connectivity index (χ2n) is 6.63. The fourth-order valence-corrected chi connectivity index (χ4v) is 4.18. The summed E-state index contributed by atoms with van der Waals surface area (Å²) < 4.78 is 5.23. The second kappa shape index (κ2) is 6.57. The molecule has 2 aromatic rings. The summed E-state index contributed by atoms with van der Waals surface area (Å²) in [6.45, 7) is 2.21. The normalized spacial score (nSPS) is 28.7. The maximum absolute atomic E-state index is 12.5. The molecule has 1 amide bonds. The Morgan fingerprint density at radius 1 is 1.42 bits per heavy atom. The molecule has 6 heteroatoms. The molecular weight excluding hydrogens is 326 g/mol. The van der Waals surface area contributed by atoms with Crippen LogP contribution in [0.1, 0.15) is 29.0 Å². The Kier molecular flexibility index (Phi) is 4.29. The summed E-state index contributed by atoms with van der Waals surface area (Å²) in [5.41, 5.74) is 1.20. The third kappa shape index (κ3) is 3.06. The Bertz CT molecular complexity index is 710. The molecular formula is C18H20ClN3O2. The van der Waals surface area contributed by atoms with E-state index in [2.05, 4.69) is 21.3 Å². The Hall–Kier alpha value is -1.85. The number of hydrogen-bond donors (Lipinski definition) is 1. The summed E-state index contributed by atoms with van der Waals surface area (Å²) in [7, 11) is 0. The lowest BCUT2D eigenvalue weighted by molar-refractivity contribution is 0.0131. The summed E-state index contributed by atoms with van der Waals surface area (Å²) in [5.74, 6) is 0.611. The lowest BCUT2D eigenvalue weighted by Gasteiger charge is -2.51. The van der Waals surface area contributed by atoms with Crippen molar-refractivity contribution >= 4 is 17.5 Å². The van der Waals surface area contributed by atoms with E-state index in [1.807, 2.05) is 12.3 Å². The molecule has 3 aliphatic rings. The van der Waals surface area contributed by atoms with Gasteiger partial charge in [-0.25, -0.2) is 0 Å². The van der Waals surface area contributed by atoms with E-state index in [1.54, 1.807) is 12.3 Å². The lowest BCUT2D eigenvalue weighted by Crippen LogP contribution is -2.64. The fourth-order valence-electron chi connectivity index (χ4n) is 4.04. The zero-order valence-corrected chi connectivity index (χ0v) is 14.1.